The van der Waals surface area contributed by atoms with Crippen molar-refractivity contribution < 1.29 is 23.6 Å². The summed E-state index contributed by atoms with van der Waals surface area (Å²) in [6.45, 7) is 4.11. The molecule has 13 nitrogen and oxygen atoms in total. The largest absolute Gasteiger partial charge is 0.446 e. The van der Waals surface area contributed by atoms with Gasteiger partial charge in [0.25, 0.3) is 11.8 Å². The van der Waals surface area contributed by atoms with Crippen LogP contribution in [0.1, 0.15) is 71.5 Å². The van der Waals surface area contributed by atoms with Gasteiger partial charge in [-0.05, 0) is 42.9 Å². The third kappa shape index (κ3) is 7.80. The van der Waals surface area contributed by atoms with E-state index in [4.69, 9.17) is 4.42 Å². The Kier molecular flexibility index (Phi) is 9.97. The molecule has 0 spiro atoms. The zero-order valence-electron chi connectivity index (χ0n) is 25.1. The van der Waals surface area contributed by atoms with Gasteiger partial charge in [-0.1, -0.05) is 56.3 Å². The van der Waals surface area contributed by atoms with E-state index in [1.807, 2.05) is 44.2 Å². The molecule has 4 aromatic rings. The van der Waals surface area contributed by atoms with Gasteiger partial charge in [0, 0.05) is 13.0 Å². The highest BCUT2D eigenvalue weighted by atomic mass is 16.3. The van der Waals surface area contributed by atoms with Crippen LogP contribution in [0.2, 0.25) is 0 Å². The Balaban J connectivity index is 1.43. The van der Waals surface area contributed by atoms with Crippen LogP contribution in [0.15, 0.2) is 77.9 Å². The number of aromatic nitrogens is 4. The van der Waals surface area contributed by atoms with Crippen LogP contribution in [0, 0.1) is 5.92 Å². The lowest BCUT2D eigenvalue weighted by Gasteiger charge is -2.26. The number of nitrogens with one attached hydrogen (secondary N) is 4. The number of amides is 4. The summed E-state index contributed by atoms with van der Waals surface area (Å²) >= 11 is 0. The van der Waals surface area contributed by atoms with Gasteiger partial charge in [0.1, 0.15) is 37.0 Å². The van der Waals surface area contributed by atoms with Gasteiger partial charge in [0.15, 0.2) is 5.69 Å². The molecule has 2 aromatic heterocycles. The molecule has 0 unspecified atom stereocenters. The van der Waals surface area contributed by atoms with Crippen LogP contribution in [0.25, 0.3) is 5.69 Å². The zero-order chi connectivity index (χ0) is 31.8. The minimum absolute atomic E-state index is 0.114. The number of oxazole rings is 1. The van der Waals surface area contributed by atoms with E-state index in [2.05, 4.69) is 36.4 Å². The Morgan fingerprint density at radius 1 is 0.978 bits per heavy atom. The van der Waals surface area contributed by atoms with Gasteiger partial charge in [-0.25, -0.2) is 4.98 Å². The number of carbonyl (C=O) groups excluding carboxylic acids is 4. The normalized spacial score (nSPS) is 19.8. The van der Waals surface area contributed by atoms with E-state index < -0.39 is 41.8 Å². The SMILES string of the molecule is CC(C)[C@@H]1NC(=O)[C@H](Cc2ccccc2)NC(=O)[C@@H](NC(=O)c2ccccc2-n2cnnc2)CCCCNC(=O)c2coc1n2. The molecule has 3 atom stereocenters. The van der Waals surface area contributed by atoms with Crippen molar-refractivity contribution in [2.75, 3.05) is 6.54 Å². The van der Waals surface area contributed by atoms with Gasteiger partial charge < -0.3 is 25.7 Å². The molecular formula is C32H36N8O5. The average Bonchev–Trinajstić information content (AvgIpc) is 3.76. The lowest BCUT2D eigenvalue weighted by molar-refractivity contribution is -0.130. The van der Waals surface area contributed by atoms with Crippen LogP contribution in [0.5, 0.6) is 0 Å². The van der Waals surface area contributed by atoms with E-state index in [-0.39, 0.29) is 30.3 Å². The molecule has 0 fully saturated rings. The number of nitrogens with zero attached hydrogens (tertiary/aromatic N) is 4. The molecule has 1 aliphatic heterocycles. The standard InChI is InChI=1S/C32H36N8O5/c1-20(2)27-32-38-25(17-45-32)29(42)33-15-9-8-13-23(30(43)37-24(31(44)39-27)16-21-10-4-3-5-11-21)36-28(41)22-12-6-7-14-26(22)40-18-34-35-19-40/h3-7,10-12,14,17-20,23-24,27H,8-9,13,15-16H2,1-2H3,(H,33,42)(H,36,41)(H,37,43)(H,39,44)/t23-,24-,27-/m0/s1. The number of para-hydroxylation sites is 1. The fraction of sp³-hybridized carbons (Fsp3) is 0.344. The molecule has 0 saturated carbocycles. The highest BCUT2D eigenvalue weighted by molar-refractivity contribution is 6.01. The number of benzene rings is 2. The molecule has 4 amide bonds. The van der Waals surface area contributed by atoms with Crippen LogP contribution < -0.4 is 21.3 Å². The van der Waals surface area contributed by atoms with Crippen molar-refractivity contribution in [2.45, 2.75) is 57.7 Å². The molecule has 2 aromatic carbocycles. The summed E-state index contributed by atoms with van der Waals surface area (Å²) in [7, 11) is 0. The molecule has 0 aliphatic carbocycles. The Labute approximate surface area is 260 Å². The second-order valence-corrected chi connectivity index (χ2v) is 11.2. The molecule has 13 heteroatoms. The van der Waals surface area contributed by atoms with Crippen LogP contribution in [0.3, 0.4) is 0 Å². The van der Waals surface area contributed by atoms with E-state index in [0.717, 1.165) is 5.56 Å². The minimum Gasteiger partial charge on any atom is -0.446 e. The minimum atomic E-state index is -0.976. The first-order valence-electron chi connectivity index (χ1n) is 14.9. The predicted octanol–water partition coefficient (Wildman–Crippen LogP) is 2.51. The molecular weight excluding hydrogens is 576 g/mol. The molecule has 0 saturated heterocycles. The lowest BCUT2D eigenvalue weighted by atomic mass is 10.0. The van der Waals surface area contributed by atoms with Crippen LogP contribution in [-0.4, -0.2) is 62.0 Å². The van der Waals surface area contributed by atoms with Crippen molar-refractivity contribution in [3.63, 3.8) is 0 Å². The van der Waals surface area contributed by atoms with E-state index in [1.54, 1.807) is 28.8 Å². The third-order valence-electron chi connectivity index (χ3n) is 7.57. The summed E-state index contributed by atoms with van der Waals surface area (Å²) in [5.41, 5.74) is 1.83. The molecule has 234 valence electrons. The van der Waals surface area contributed by atoms with Crippen molar-refractivity contribution in [3.8, 4) is 5.69 Å². The van der Waals surface area contributed by atoms with Crippen LogP contribution in [-0.2, 0) is 16.0 Å². The fourth-order valence-corrected chi connectivity index (χ4v) is 5.12. The average molecular weight is 613 g/mol. The van der Waals surface area contributed by atoms with Crippen LogP contribution >= 0.6 is 0 Å². The predicted molar refractivity (Wildman–Crippen MR) is 163 cm³/mol. The fourth-order valence-electron chi connectivity index (χ4n) is 5.12. The van der Waals surface area contributed by atoms with Gasteiger partial charge in [0.2, 0.25) is 17.7 Å². The second kappa shape index (κ2) is 14.4. The Bertz CT molecular complexity index is 1620. The zero-order valence-corrected chi connectivity index (χ0v) is 25.1. The summed E-state index contributed by atoms with van der Waals surface area (Å²) in [5.74, 6) is -1.78. The quantitative estimate of drug-likeness (QED) is 0.257. The Morgan fingerprint density at radius 3 is 2.47 bits per heavy atom. The topological polar surface area (TPSA) is 173 Å². The third-order valence-corrected chi connectivity index (χ3v) is 7.57. The Morgan fingerprint density at radius 2 is 1.71 bits per heavy atom. The first kappa shape index (κ1) is 31.1. The highest BCUT2D eigenvalue weighted by Gasteiger charge is 2.32. The molecule has 0 radical (unpaired) electrons. The number of carbonyl (C=O) groups is 4. The van der Waals surface area contributed by atoms with Crippen molar-refractivity contribution in [1.82, 2.24) is 41.0 Å². The van der Waals surface area contributed by atoms with Crippen molar-refractivity contribution >= 4 is 23.6 Å². The summed E-state index contributed by atoms with van der Waals surface area (Å²) in [4.78, 5) is 58.3. The molecule has 45 heavy (non-hydrogen) atoms. The van der Waals surface area contributed by atoms with Crippen molar-refractivity contribution in [3.05, 3.63) is 96.2 Å². The molecule has 2 bridgehead atoms. The maximum atomic E-state index is 13.9. The van der Waals surface area contributed by atoms with E-state index in [1.165, 1.54) is 18.9 Å². The first-order valence-corrected chi connectivity index (χ1v) is 14.9. The summed E-state index contributed by atoms with van der Waals surface area (Å²) in [6.07, 6.45) is 5.75. The lowest BCUT2D eigenvalue weighted by Crippen LogP contribution is -2.55. The van der Waals surface area contributed by atoms with Crippen LogP contribution in [0.4, 0.5) is 0 Å². The number of hydrogen-bond acceptors (Lipinski definition) is 8. The van der Waals surface area contributed by atoms with Gasteiger partial charge in [-0.3, -0.25) is 23.7 Å². The number of rotatable bonds is 6. The van der Waals surface area contributed by atoms with Gasteiger partial charge in [-0.15, -0.1) is 10.2 Å². The van der Waals surface area contributed by atoms with Gasteiger partial charge >= 0.3 is 0 Å². The van der Waals surface area contributed by atoms with E-state index in [9.17, 15) is 19.2 Å². The number of hydrogen-bond donors (Lipinski definition) is 4. The molecule has 1 aliphatic rings. The van der Waals surface area contributed by atoms with Gasteiger partial charge in [-0.2, -0.15) is 0 Å². The van der Waals surface area contributed by atoms with Gasteiger partial charge in [0.05, 0.1) is 11.3 Å². The molecule has 3 heterocycles. The van der Waals surface area contributed by atoms with Crippen molar-refractivity contribution in [1.29, 1.82) is 0 Å². The molecule has 5 rings (SSSR count). The highest BCUT2D eigenvalue weighted by Crippen LogP contribution is 2.22. The van der Waals surface area contributed by atoms with Crippen molar-refractivity contribution in [2.24, 2.45) is 5.92 Å². The summed E-state index contributed by atoms with van der Waals surface area (Å²) in [6, 6.07) is 13.7. The maximum absolute atomic E-state index is 13.9. The van der Waals surface area contributed by atoms with E-state index >= 15 is 0 Å². The smallest absolute Gasteiger partial charge is 0.273 e. The Hall–Kier alpha value is -5.33. The summed E-state index contributed by atoms with van der Waals surface area (Å²) < 4.78 is 7.23. The van der Waals surface area contributed by atoms with E-state index in [0.29, 0.717) is 30.6 Å². The maximum Gasteiger partial charge on any atom is 0.273 e. The first-order chi connectivity index (χ1) is 21.8. The second-order valence-electron chi connectivity index (χ2n) is 11.2. The summed E-state index contributed by atoms with van der Waals surface area (Å²) in [5, 5.41) is 19.2. The monoisotopic (exact) mass is 612 g/mol. The number of fused-ring (bicyclic) bond motifs is 2. The molecule has 4 N–H and O–H groups in total.